The fourth-order valence-electron chi connectivity index (χ4n) is 4.82. The highest BCUT2D eigenvalue weighted by molar-refractivity contribution is 5.59. The van der Waals surface area contributed by atoms with Crippen LogP contribution in [0.25, 0.3) is 10.4 Å². The number of hydrogen-bond donors (Lipinski definition) is 0. The molecule has 3 aromatic rings. The first kappa shape index (κ1) is 22.3. The van der Waals surface area contributed by atoms with Gasteiger partial charge in [0.15, 0.2) is 0 Å². The minimum absolute atomic E-state index is 0.0424. The molecule has 0 N–H and O–H groups in total. The van der Waals surface area contributed by atoms with Crippen LogP contribution in [0.2, 0.25) is 0 Å². The molecule has 2 saturated heterocycles. The van der Waals surface area contributed by atoms with Crippen molar-refractivity contribution in [2.24, 2.45) is 5.11 Å². The van der Waals surface area contributed by atoms with Gasteiger partial charge in [-0.3, -0.25) is 0 Å². The molecule has 174 valence electrons. The molecule has 0 bridgehead atoms. The predicted octanol–water partition coefficient (Wildman–Crippen LogP) is 5.48. The van der Waals surface area contributed by atoms with Crippen molar-refractivity contribution < 1.29 is 9.47 Å². The lowest BCUT2D eigenvalue weighted by atomic mass is 9.84. The van der Waals surface area contributed by atoms with Crippen LogP contribution in [0.15, 0.2) is 77.9 Å². The topological polar surface area (TPSA) is 73.7 Å². The highest BCUT2D eigenvalue weighted by Gasteiger charge is 2.21. The quantitative estimate of drug-likeness (QED) is 0.213. The first-order valence-corrected chi connectivity index (χ1v) is 11.8. The van der Waals surface area contributed by atoms with Gasteiger partial charge in [-0.15, -0.1) is 0 Å². The van der Waals surface area contributed by atoms with E-state index < -0.39 is 0 Å². The molecule has 0 saturated carbocycles. The second-order valence-electron chi connectivity index (χ2n) is 8.56. The number of azide groups is 1. The lowest BCUT2D eigenvalue weighted by molar-refractivity contribution is 0.122. The van der Waals surface area contributed by atoms with Crippen LogP contribution in [0, 0.1) is 0 Å². The molecule has 5 rings (SSSR count). The molecular weight excluding hydrogens is 426 g/mol. The molecular formula is C27H29N5O2. The normalized spacial score (nSPS) is 16.4. The summed E-state index contributed by atoms with van der Waals surface area (Å²) in [6, 6.07) is 25.4. The third kappa shape index (κ3) is 4.87. The summed E-state index contributed by atoms with van der Waals surface area (Å²) in [4.78, 5) is 7.78. The van der Waals surface area contributed by atoms with E-state index in [1.54, 1.807) is 0 Å². The zero-order valence-corrected chi connectivity index (χ0v) is 19.2. The maximum atomic E-state index is 9.16. The number of nitrogens with zero attached hydrogens (tertiary/aromatic N) is 5. The Morgan fingerprint density at radius 1 is 0.676 bits per heavy atom. The van der Waals surface area contributed by atoms with E-state index in [0.29, 0.717) is 5.69 Å². The van der Waals surface area contributed by atoms with Crippen LogP contribution in [-0.4, -0.2) is 52.6 Å². The predicted molar refractivity (Wildman–Crippen MR) is 135 cm³/mol. The fourth-order valence-corrected chi connectivity index (χ4v) is 4.82. The molecule has 0 aromatic heterocycles. The van der Waals surface area contributed by atoms with E-state index in [-0.39, 0.29) is 5.92 Å². The second-order valence-corrected chi connectivity index (χ2v) is 8.56. The largest absolute Gasteiger partial charge is 0.378 e. The van der Waals surface area contributed by atoms with Crippen molar-refractivity contribution in [2.45, 2.75) is 5.92 Å². The summed E-state index contributed by atoms with van der Waals surface area (Å²) in [6.07, 6.45) is 0. The van der Waals surface area contributed by atoms with Gasteiger partial charge in [0.25, 0.3) is 0 Å². The summed E-state index contributed by atoms with van der Waals surface area (Å²) < 4.78 is 11.0. The van der Waals surface area contributed by atoms with Crippen molar-refractivity contribution in [2.75, 3.05) is 62.4 Å². The molecule has 3 aromatic carbocycles. The van der Waals surface area contributed by atoms with E-state index in [2.05, 4.69) is 74.4 Å². The van der Waals surface area contributed by atoms with Crippen LogP contribution in [0.4, 0.5) is 17.1 Å². The number of rotatable bonds is 6. The van der Waals surface area contributed by atoms with Crippen LogP contribution in [0.3, 0.4) is 0 Å². The van der Waals surface area contributed by atoms with Gasteiger partial charge in [-0.05, 0) is 46.5 Å². The molecule has 0 radical (unpaired) electrons. The molecule has 2 aliphatic heterocycles. The summed E-state index contributed by atoms with van der Waals surface area (Å²) >= 11 is 0. The first-order valence-electron chi connectivity index (χ1n) is 11.8. The van der Waals surface area contributed by atoms with Crippen molar-refractivity contribution in [1.29, 1.82) is 0 Å². The van der Waals surface area contributed by atoms with Crippen molar-refractivity contribution >= 4 is 17.1 Å². The van der Waals surface area contributed by atoms with Gasteiger partial charge >= 0.3 is 0 Å². The van der Waals surface area contributed by atoms with Gasteiger partial charge in [0.2, 0.25) is 0 Å². The van der Waals surface area contributed by atoms with E-state index in [1.807, 2.05) is 18.2 Å². The molecule has 34 heavy (non-hydrogen) atoms. The Morgan fingerprint density at radius 3 is 1.62 bits per heavy atom. The van der Waals surface area contributed by atoms with Gasteiger partial charge in [0, 0.05) is 54.1 Å². The van der Waals surface area contributed by atoms with Crippen molar-refractivity contribution in [1.82, 2.24) is 0 Å². The Bertz CT molecular complexity index is 1070. The van der Waals surface area contributed by atoms with Crippen LogP contribution < -0.4 is 9.80 Å². The zero-order chi connectivity index (χ0) is 23.2. The standard InChI is InChI=1S/C27H29N5O2/c28-30-29-26-4-2-1-3-25(26)27(21-5-9-23(10-6-21)31-13-17-33-18-14-31)22-7-11-24(12-8-22)32-15-19-34-20-16-32/h1-12,27H,13-20H2. The van der Waals surface area contributed by atoms with E-state index in [1.165, 1.54) is 11.4 Å². The van der Waals surface area contributed by atoms with Gasteiger partial charge in [-0.1, -0.05) is 53.6 Å². The average molecular weight is 456 g/mol. The van der Waals surface area contributed by atoms with Gasteiger partial charge in [-0.25, -0.2) is 0 Å². The third-order valence-electron chi connectivity index (χ3n) is 6.61. The van der Waals surface area contributed by atoms with E-state index >= 15 is 0 Å². The summed E-state index contributed by atoms with van der Waals surface area (Å²) in [5.74, 6) is -0.0424. The molecule has 2 heterocycles. The highest BCUT2D eigenvalue weighted by Crippen LogP contribution is 2.38. The number of hydrogen-bond acceptors (Lipinski definition) is 5. The van der Waals surface area contributed by atoms with Crippen molar-refractivity contribution in [3.05, 3.63) is 99.9 Å². The fraction of sp³-hybridized carbons (Fsp3) is 0.333. The van der Waals surface area contributed by atoms with Crippen LogP contribution >= 0.6 is 0 Å². The van der Waals surface area contributed by atoms with E-state index in [9.17, 15) is 0 Å². The van der Waals surface area contributed by atoms with Gasteiger partial charge in [0.05, 0.1) is 26.4 Å². The molecule has 2 aliphatic rings. The van der Waals surface area contributed by atoms with E-state index in [4.69, 9.17) is 15.0 Å². The lowest BCUT2D eigenvalue weighted by Gasteiger charge is -2.30. The minimum Gasteiger partial charge on any atom is -0.378 e. The Morgan fingerprint density at radius 2 is 1.15 bits per heavy atom. The molecule has 0 unspecified atom stereocenters. The molecule has 2 fully saturated rings. The maximum absolute atomic E-state index is 9.16. The first-order chi connectivity index (χ1) is 16.8. The van der Waals surface area contributed by atoms with Gasteiger partial charge < -0.3 is 19.3 Å². The molecule has 0 amide bonds. The average Bonchev–Trinajstić information content (AvgIpc) is 2.92. The Labute approximate surface area is 200 Å². The minimum atomic E-state index is -0.0424. The SMILES string of the molecule is [N-]=[N+]=Nc1ccccc1C(c1ccc(N2CCOCC2)cc1)c1ccc(N2CCOCC2)cc1. The second kappa shape index (κ2) is 10.6. The molecule has 0 spiro atoms. The van der Waals surface area contributed by atoms with Gasteiger partial charge in [0.1, 0.15) is 0 Å². The molecule has 7 heteroatoms. The molecule has 0 atom stereocenters. The van der Waals surface area contributed by atoms with Gasteiger partial charge in [-0.2, -0.15) is 0 Å². The Balaban J connectivity index is 1.51. The zero-order valence-electron chi connectivity index (χ0n) is 19.2. The summed E-state index contributed by atoms with van der Waals surface area (Å²) in [6.45, 7) is 6.69. The van der Waals surface area contributed by atoms with Crippen molar-refractivity contribution in [3.63, 3.8) is 0 Å². The number of morpholine rings is 2. The van der Waals surface area contributed by atoms with E-state index in [0.717, 1.165) is 69.3 Å². The van der Waals surface area contributed by atoms with Crippen LogP contribution in [0.1, 0.15) is 22.6 Å². The van der Waals surface area contributed by atoms with Crippen LogP contribution in [0.5, 0.6) is 0 Å². The Kier molecular flexibility index (Phi) is 6.96. The summed E-state index contributed by atoms with van der Waals surface area (Å²) in [7, 11) is 0. The lowest BCUT2D eigenvalue weighted by Crippen LogP contribution is -2.36. The molecule has 0 aliphatic carbocycles. The molecule has 7 nitrogen and oxygen atoms in total. The third-order valence-corrected chi connectivity index (χ3v) is 6.61. The van der Waals surface area contributed by atoms with Crippen LogP contribution in [-0.2, 0) is 9.47 Å². The Hall–Kier alpha value is -3.51. The summed E-state index contributed by atoms with van der Waals surface area (Å²) in [5.41, 5.74) is 15.5. The smallest absolute Gasteiger partial charge is 0.0642 e. The monoisotopic (exact) mass is 455 g/mol. The maximum Gasteiger partial charge on any atom is 0.0642 e. The van der Waals surface area contributed by atoms with Crippen molar-refractivity contribution in [3.8, 4) is 0 Å². The summed E-state index contributed by atoms with van der Waals surface area (Å²) in [5, 5.41) is 4.00. The number of anilines is 2. The number of benzene rings is 3. The highest BCUT2D eigenvalue weighted by atomic mass is 16.5. The number of ether oxygens (including phenoxy) is 2.